The first-order chi connectivity index (χ1) is 23.2. The highest BCUT2D eigenvalue weighted by molar-refractivity contribution is 6.30. The Labute approximate surface area is 285 Å². The van der Waals surface area contributed by atoms with Gasteiger partial charge in [0.25, 0.3) is 0 Å². The van der Waals surface area contributed by atoms with Gasteiger partial charge in [0.2, 0.25) is 6.79 Å². The molecule has 1 amide bonds. The Balaban J connectivity index is 0.950. The third-order valence-electron chi connectivity index (χ3n) is 7.69. The fraction of sp³-hybridized carbons (Fsp3) is 0.206. The first kappa shape index (κ1) is 32.6. The SMILES string of the molecule is CC1(C(=O)OCOc2ccc(Cl)cc2)CCN(c2ccc(NC(=O)c3nnc(Nc4ccc(Oc5ccc(Cl)cc5)cc4)o3)cn2)CC1. The fourth-order valence-electron chi connectivity index (χ4n) is 4.86. The molecule has 0 aliphatic carbocycles. The zero-order valence-corrected chi connectivity index (χ0v) is 27.2. The van der Waals surface area contributed by atoms with Crippen LogP contribution in [-0.2, 0) is 9.53 Å². The number of pyridine rings is 1. The van der Waals surface area contributed by atoms with Gasteiger partial charge in [0, 0.05) is 28.8 Å². The van der Waals surface area contributed by atoms with Crippen LogP contribution in [0.1, 0.15) is 30.5 Å². The molecule has 6 rings (SSSR count). The predicted molar refractivity (Wildman–Crippen MR) is 180 cm³/mol. The zero-order valence-electron chi connectivity index (χ0n) is 25.7. The lowest BCUT2D eigenvalue weighted by molar-refractivity contribution is -0.163. The van der Waals surface area contributed by atoms with Gasteiger partial charge >= 0.3 is 23.8 Å². The van der Waals surface area contributed by atoms with Crippen LogP contribution in [0.15, 0.2) is 95.5 Å². The standard InChI is InChI=1S/C34H30Cl2N6O6/c1-34(32(44)46-21-45-26-9-2-22(35)3-10-26)16-18-42(19-17-34)29-15-8-25(20-37-29)38-30(43)31-40-41-33(48-31)39-24-6-13-28(14-7-24)47-27-11-4-23(36)5-12-27/h2-15,20H,16-19,21H2,1H3,(H,38,43)(H,39,41). The molecule has 1 aliphatic rings. The third-order valence-corrected chi connectivity index (χ3v) is 8.20. The van der Waals surface area contributed by atoms with Crippen LogP contribution in [0.5, 0.6) is 17.2 Å². The van der Waals surface area contributed by atoms with Gasteiger partial charge in [0.05, 0.1) is 17.3 Å². The number of piperidine rings is 1. The number of rotatable bonds is 11. The van der Waals surface area contributed by atoms with Crippen molar-refractivity contribution in [2.75, 3.05) is 35.4 Å². The number of esters is 1. The summed E-state index contributed by atoms with van der Waals surface area (Å²) in [6, 6.07) is 24.6. The predicted octanol–water partition coefficient (Wildman–Crippen LogP) is 7.75. The zero-order chi connectivity index (χ0) is 33.5. The van der Waals surface area contributed by atoms with Gasteiger partial charge < -0.3 is 34.2 Å². The van der Waals surface area contributed by atoms with E-state index in [0.29, 0.717) is 64.6 Å². The highest BCUT2D eigenvalue weighted by Gasteiger charge is 2.38. The number of hydrogen-bond donors (Lipinski definition) is 2. The topological polar surface area (TPSA) is 141 Å². The van der Waals surface area contributed by atoms with Crippen molar-refractivity contribution >= 4 is 58.3 Å². The minimum atomic E-state index is -0.637. The lowest BCUT2D eigenvalue weighted by Gasteiger charge is -2.38. The van der Waals surface area contributed by atoms with E-state index in [4.69, 9.17) is 41.8 Å². The normalized spacial score (nSPS) is 13.8. The summed E-state index contributed by atoms with van der Waals surface area (Å²) in [7, 11) is 0. The molecular weight excluding hydrogens is 659 g/mol. The fourth-order valence-corrected chi connectivity index (χ4v) is 5.11. The minimum absolute atomic E-state index is 0.0510. The van der Waals surface area contributed by atoms with Crippen LogP contribution in [0.25, 0.3) is 0 Å². The summed E-state index contributed by atoms with van der Waals surface area (Å²) in [5.74, 6) is 1.47. The number of hydrogen-bond acceptors (Lipinski definition) is 11. The van der Waals surface area contributed by atoms with Crippen molar-refractivity contribution in [3.8, 4) is 17.2 Å². The number of halogens is 2. The van der Waals surface area contributed by atoms with Crippen molar-refractivity contribution < 1.29 is 28.2 Å². The maximum Gasteiger partial charge on any atom is 0.320 e. The number of carbonyl (C=O) groups is 2. The van der Waals surface area contributed by atoms with E-state index in [1.807, 2.05) is 6.92 Å². The molecule has 0 atom stereocenters. The first-order valence-electron chi connectivity index (χ1n) is 14.9. The molecule has 3 aromatic carbocycles. The van der Waals surface area contributed by atoms with E-state index in [9.17, 15) is 9.59 Å². The average molecular weight is 690 g/mol. The van der Waals surface area contributed by atoms with E-state index in [2.05, 4.69) is 30.7 Å². The molecule has 48 heavy (non-hydrogen) atoms. The summed E-state index contributed by atoms with van der Waals surface area (Å²) in [4.78, 5) is 32.1. The number of benzene rings is 3. The number of aromatic nitrogens is 3. The monoisotopic (exact) mass is 688 g/mol. The van der Waals surface area contributed by atoms with E-state index in [-0.39, 0.29) is 24.7 Å². The number of ether oxygens (including phenoxy) is 3. The molecule has 246 valence electrons. The Morgan fingerprint density at radius 2 is 1.44 bits per heavy atom. The summed E-state index contributed by atoms with van der Waals surface area (Å²) in [6.07, 6.45) is 2.72. The molecule has 0 unspecified atom stereocenters. The molecular formula is C34H30Cl2N6O6. The lowest BCUT2D eigenvalue weighted by Crippen LogP contribution is -2.44. The van der Waals surface area contributed by atoms with Crippen molar-refractivity contribution in [1.29, 1.82) is 0 Å². The molecule has 2 N–H and O–H groups in total. The van der Waals surface area contributed by atoms with Gasteiger partial charge in [-0.1, -0.05) is 28.3 Å². The molecule has 1 saturated heterocycles. The van der Waals surface area contributed by atoms with Crippen molar-refractivity contribution in [2.45, 2.75) is 19.8 Å². The van der Waals surface area contributed by atoms with Gasteiger partial charge in [-0.25, -0.2) is 4.98 Å². The van der Waals surface area contributed by atoms with Gasteiger partial charge in [0.1, 0.15) is 23.1 Å². The second kappa shape index (κ2) is 14.6. The number of amides is 1. The van der Waals surface area contributed by atoms with Crippen LogP contribution < -0.4 is 25.0 Å². The van der Waals surface area contributed by atoms with Gasteiger partial charge in [-0.2, -0.15) is 0 Å². The van der Waals surface area contributed by atoms with Crippen molar-refractivity contribution in [1.82, 2.24) is 15.2 Å². The van der Waals surface area contributed by atoms with E-state index in [1.165, 1.54) is 0 Å². The van der Waals surface area contributed by atoms with Crippen molar-refractivity contribution in [3.05, 3.63) is 107 Å². The highest BCUT2D eigenvalue weighted by atomic mass is 35.5. The second-order valence-corrected chi connectivity index (χ2v) is 12.0. The molecule has 0 saturated carbocycles. The molecule has 2 aromatic heterocycles. The van der Waals surface area contributed by atoms with E-state index in [0.717, 1.165) is 5.82 Å². The summed E-state index contributed by atoms with van der Waals surface area (Å²) >= 11 is 11.8. The molecule has 12 nitrogen and oxygen atoms in total. The second-order valence-electron chi connectivity index (χ2n) is 11.2. The molecule has 5 aromatic rings. The van der Waals surface area contributed by atoms with E-state index in [1.54, 1.807) is 91.1 Å². The Morgan fingerprint density at radius 1 is 0.833 bits per heavy atom. The molecule has 0 radical (unpaired) electrons. The average Bonchev–Trinajstić information content (AvgIpc) is 3.57. The first-order valence-corrected chi connectivity index (χ1v) is 15.7. The summed E-state index contributed by atoms with van der Waals surface area (Å²) in [5, 5.41) is 14.7. The van der Waals surface area contributed by atoms with Crippen molar-refractivity contribution in [2.24, 2.45) is 5.41 Å². The maximum absolute atomic E-state index is 12.8. The van der Waals surface area contributed by atoms with Crippen LogP contribution in [-0.4, -0.2) is 46.9 Å². The van der Waals surface area contributed by atoms with Crippen LogP contribution >= 0.6 is 23.2 Å². The van der Waals surface area contributed by atoms with E-state index >= 15 is 0 Å². The quantitative estimate of drug-likeness (QED) is 0.104. The third kappa shape index (κ3) is 8.33. The summed E-state index contributed by atoms with van der Waals surface area (Å²) in [6.45, 7) is 2.94. The largest absolute Gasteiger partial charge is 0.457 e. The Bertz CT molecular complexity index is 1840. The van der Waals surface area contributed by atoms with Crippen LogP contribution in [0.4, 0.5) is 23.2 Å². The molecule has 1 fully saturated rings. The maximum atomic E-state index is 12.8. The molecule has 3 heterocycles. The number of nitrogens with one attached hydrogen (secondary N) is 2. The molecule has 14 heteroatoms. The van der Waals surface area contributed by atoms with Crippen LogP contribution in [0.2, 0.25) is 10.0 Å². The Kier molecular flexibility index (Phi) is 9.93. The van der Waals surface area contributed by atoms with Gasteiger partial charge in [-0.15, -0.1) is 5.10 Å². The van der Waals surface area contributed by atoms with Crippen molar-refractivity contribution in [3.63, 3.8) is 0 Å². The lowest BCUT2D eigenvalue weighted by atomic mass is 9.80. The highest BCUT2D eigenvalue weighted by Crippen LogP contribution is 2.34. The van der Waals surface area contributed by atoms with Crippen LogP contribution in [0.3, 0.4) is 0 Å². The van der Waals surface area contributed by atoms with Gasteiger partial charge in [-0.3, -0.25) is 9.59 Å². The molecule has 0 bridgehead atoms. The minimum Gasteiger partial charge on any atom is -0.457 e. The molecule has 1 aliphatic heterocycles. The number of anilines is 4. The van der Waals surface area contributed by atoms with E-state index < -0.39 is 11.3 Å². The van der Waals surface area contributed by atoms with Gasteiger partial charge in [0.15, 0.2) is 0 Å². The van der Waals surface area contributed by atoms with Gasteiger partial charge in [-0.05, 0) is 105 Å². The number of carbonyl (C=O) groups excluding carboxylic acids is 2. The smallest absolute Gasteiger partial charge is 0.320 e. The number of nitrogens with zero attached hydrogens (tertiary/aromatic N) is 4. The summed E-state index contributed by atoms with van der Waals surface area (Å²) in [5.41, 5.74) is 0.479. The Hall–Kier alpha value is -5.33. The molecule has 0 spiro atoms. The summed E-state index contributed by atoms with van der Waals surface area (Å²) < 4.78 is 22.2. The van der Waals surface area contributed by atoms with Crippen LogP contribution in [0, 0.1) is 5.41 Å². The Morgan fingerprint density at radius 3 is 2.06 bits per heavy atom.